The van der Waals surface area contributed by atoms with E-state index in [0.717, 1.165) is 4.68 Å². The fraction of sp³-hybridized carbons (Fsp3) is 0.105. The third kappa shape index (κ3) is 5.00. The molecule has 29 heavy (non-hydrogen) atoms. The predicted molar refractivity (Wildman–Crippen MR) is 109 cm³/mol. The van der Waals surface area contributed by atoms with Crippen LogP contribution in [0.4, 0.5) is 0 Å². The summed E-state index contributed by atoms with van der Waals surface area (Å²) in [4.78, 5) is 23.9. The van der Waals surface area contributed by atoms with Gasteiger partial charge in [-0.15, -0.1) is 0 Å². The summed E-state index contributed by atoms with van der Waals surface area (Å²) in [6.07, 6.45) is -0.406. The van der Waals surface area contributed by atoms with Gasteiger partial charge in [0.25, 0.3) is 5.91 Å². The molecule has 0 unspecified atom stereocenters. The van der Waals surface area contributed by atoms with Crippen LogP contribution in [0.15, 0.2) is 48.5 Å². The Morgan fingerprint density at radius 3 is 2.31 bits per heavy atom. The van der Waals surface area contributed by atoms with Crippen molar-refractivity contribution >= 4 is 46.7 Å². The molecule has 2 aromatic carbocycles. The molecule has 0 radical (unpaired) electrons. The number of aromatic nitrogens is 2. The Kier molecular flexibility index (Phi) is 6.32. The van der Waals surface area contributed by atoms with Crippen LogP contribution in [0.5, 0.6) is 5.88 Å². The Hall–Kier alpha value is -2.74. The zero-order valence-electron chi connectivity index (χ0n) is 14.6. The molecule has 0 aliphatic carbocycles. The first kappa shape index (κ1) is 21.0. The van der Waals surface area contributed by atoms with Gasteiger partial charge in [-0.05, 0) is 42.0 Å². The van der Waals surface area contributed by atoms with Gasteiger partial charge in [0.1, 0.15) is 0 Å². The van der Waals surface area contributed by atoms with Gasteiger partial charge in [0, 0.05) is 21.1 Å². The minimum absolute atomic E-state index is 0.0991. The number of carbonyl (C=O) groups is 2. The van der Waals surface area contributed by atoms with Crippen LogP contribution in [0.1, 0.15) is 28.5 Å². The van der Waals surface area contributed by atoms with Crippen molar-refractivity contribution in [3.8, 4) is 11.6 Å². The minimum atomic E-state index is -1.13. The summed E-state index contributed by atoms with van der Waals surface area (Å²) in [5.74, 6) is -2.07. The molecule has 1 heterocycles. The van der Waals surface area contributed by atoms with Gasteiger partial charge < -0.3 is 15.5 Å². The molecule has 10 heteroatoms. The monoisotopic (exact) mass is 453 g/mol. The zero-order valence-corrected chi connectivity index (χ0v) is 16.9. The Balaban J connectivity index is 1.87. The van der Waals surface area contributed by atoms with Crippen LogP contribution in [0.2, 0.25) is 15.1 Å². The predicted octanol–water partition coefficient (Wildman–Crippen LogP) is 4.48. The number of carboxylic acids is 1. The van der Waals surface area contributed by atoms with Crippen molar-refractivity contribution in [1.29, 1.82) is 0 Å². The maximum absolute atomic E-state index is 12.7. The minimum Gasteiger partial charge on any atom is -0.493 e. The van der Waals surface area contributed by atoms with E-state index in [1.54, 1.807) is 36.4 Å². The first-order valence-corrected chi connectivity index (χ1v) is 9.40. The molecule has 3 N–H and O–H groups in total. The Labute approximate surface area is 180 Å². The van der Waals surface area contributed by atoms with Gasteiger partial charge in [0.05, 0.1) is 18.2 Å². The summed E-state index contributed by atoms with van der Waals surface area (Å²) in [5.41, 5.74) is 0.792. The van der Waals surface area contributed by atoms with Crippen molar-refractivity contribution in [2.24, 2.45) is 0 Å². The topological polar surface area (TPSA) is 104 Å². The van der Waals surface area contributed by atoms with Crippen molar-refractivity contribution in [2.45, 2.75) is 12.5 Å². The number of nitrogens with zero attached hydrogens (tertiary/aromatic N) is 2. The molecule has 3 rings (SSSR count). The van der Waals surface area contributed by atoms with Gasteiger partial charge >= 0.3 is 5.97 Å². The standard InChI is InChI=1S/C19H14Cl3N3O4/c20-10-1-4-12(5-2-10)25-17(26)8-16(24-25)19(29)23-15(9-18(27)28)13-6-3-11(21)7-14(13)22/h1-8,15,26H,9H2,(H,23,29)(H,27,28)/t15-/m0/s1. The smallest absolute Gasteiger partial charge is 0.305 e. The van der Waals surface area contributed by atoms with E-state index in [1.165, 1.54) is 12.1 Å². The molecule has 3 aromatic rings. The van der Waals surface area contributed by atoms with Crippen molar-refractivity contribution in [3.63, 3.8) is 0 Å². The summed E-state index contributed by atoms with van der Waals surface area (Å²) in [5, 5.41) is 27.1. The highest BCUT2D eigenvalue weighted by Gasteiger charge is 2.23. The van der Waals surface area contributed by atoms with Crippen LogP contribution in [-0.4, -0.2) is 31.9 Å². The first-order chi connectivity index (χ1) is 13.7. The number of hydrogen-bond acceptors (Lipinski definition) is 4. The molecule has 0 aliphatic heterocycles. The Bertz CT molecular complexity index is 1070. The molecule has 0 fully saturated rings. The van der Waals surface area contributed by atoms with Crippen LogP contribution < -0.4 is 5.32 Å². The van der Waals surface area contributed by atoms with E-state index in [0.29, 0.717) is 21.3 Å². The van der Waals surface area contributed by atoms with E-state index in [2.05, 4.69) is 10.4 Å². The lowest BCUT2D eigenvalue weighted by Gasteiger charge is -2.18. The van der Waals surface area contributed by atoms with E-state index < -0.39 is 24.3 Å². The van der Waals surface area contributed by atoms with Crippen LogP contribution >= 0.6 is 34.8 Å². The fourth-order valence-corrected chi connectivity index (χ4v) is 3.35. The lowest BCUT2D eigenvalue weighted by atomic mass is 10.0. The number of benzene rings is 2. The van der Waals surface area contributed by atoms with Gasteiger partial charge in [-0.25, -0.2) is 4.68 Å². The lowest BCUT2D eigenvalue weighted by Crippen LogP contribution is -2.30. The van der Waals surface area contributed by atoms with E-state index in [-0.39, 0.29) is 16.6 Å². The van der Waals surface area contributed by atoms with E-state index >= 15 is 0 Å². The Morgan fingerprint density at radius 1 is 1.03 bits per heavy atom. The number of carbonyl (C=O) groups excluding carboxylic acids is 1. The molecule has 0 aliphatic rings. The summed E-state index contributed by atoms with van der Waals surface area (Å²) < 4.78 is 1.16. The van der Waals surface area contributed by atoms with Gasteiger partial charge in [-0.1, -0.05) is 40.9 Å². The van der Waals surface area contributed by atoms with Gasteiger partial charge in [-0.3, -0.25) is 9.59 Å². The van der Waals surface area contributed by atoms with Gasteiger partial charge in [0.15, 0.2) is 5.69 Å². The van der Waals surface area contributed by atoms with E-state index in [4.69, 9.17) is 34.8 Å². The van der Waals surface area contributed by atoms with Crippen molar-refractivity contribution < 1.29 is 19.8 Å². The number of amides is 1. The quantitative estimate of drug-likeness (QED) is 0.509. The fourth-order valence-electron chi connectivity index (χ4n) is 2.68. The van der Waals surface area contributed by atoms with Crippen LogP contribution in [0.3, 0.4) is 0 Å². The van der Waals surface area contributed by atoms with Gasteiger partial charge in [0.2, 0.25) is 5.88 Å². The SMILES string of the molecule is O=C(O)C[C@H](NC(=O)c1cc(O)n(-c2ccc(Cl)cc2)n1)c1ccc(Cl)cc1Cl. The Morgan fingerprint density at radius 2 is 1.69 bits per heavy atom. The molecular weight excluding hydrogens is 441 g/mol. The highest BCUT2D eigenvalue weighted by Crippen LogP contribution is 2.29. The molecule has 1 atom stereocenters. The van der Waals surface area contributed by atoms with Crippen molar-refractivity contribution in [2.75, 3.05) is 0 Å². The molecule has 0 saturated heterocycles. The van der Waals surface area contributed by atoms with E-state index in [1.807, 2.05) is 0 Å². The van der Waals surface area contributed by atoms with Gasteiger partial charge in [-0.2, -0.15) is 5.10 Å². The van der Waals surface area contributed by atoms with E-state index in [9.17, 15) is 19.8 Å². The number of aromatic hydroxyl groups is 1. The molecule has 1 amide bonds. The lowest BCUT2D eigenvalue weighted by molar-refractivity contribution is -0.137. The number of nitrogens with one attached hydrogen (secondary N) is 1. The number of aliphatic carboxylic acids is 1. The van der Waals surface area contributed by atoms with Crippen LogP contribution in [0.25, 0.3) is 5.69 Å². The second kappa shape index (κ2) is 8.73. The molecular formula is C19H14Cl3N3O4. The first-order valence-electron chi connectivity index (χ1n) is 8.27. The van der Waals surface area contributed by atoms with Crippen LogP contribution in [-0.2, 0) is 4.79 Å². The third-order valence-electron chi connectivity index (χ3n) is 4.02. The maximum Gasteiger partial charge on any atom is 0.305 e. The van der Waals surface area contributed by atoms with Crippen molar-refractivity contribution in [3.05, 3.63) is 74.9 Å². The maximum atomic E-state index is 12.7. The molecule has 7 nitrogen and oxygen atoms in total. The number of halogens is 3. The van der Waals surface area contributed by atoms with Crippen LogP contribution in [0, 0.1) is 0 Å². The zero-order chi connectivity index (χ0) is 21.1. The second-order valence-electron chi connectivity index (χ2n) is 6.07. The molecule has 1 aromatic heterocycles. The average Bonchev–Trinajstić information content (AvgIpc) is 3.03. The second-order valence-corrected chi connectivity index (χ2v) is 7.35. The molecule has 0 bridgehead atoms. The normalized spacial score (nSPS) is 11.8. The summed E-state index contributed by atoms with van der Waals surface area (Å²) >= 11 is 17.9. The highest BCUT2D eigenvalue weighted by molar-refractivity contribution is 6.35. The summed E-state index contributed by atoms with van der Waals surface area (Å²) in [7, 11) is 0. The number of hydrogen-bond donors (Lipinski definition) is 3. The third-order valence-corrected chi connectivity index (χ3v) is 4.83. The largest absolute Gasteiger partial charge is 0.493 e. The molecule has 0 saturated carbocycles. The molecule has 0 spiro atoms. The van der Waals surface area contributed by atoms with Crippen molar-refractivity contribution in [1.82, 2.24) is 15.1 Å². The molecule has 150 valence electrons. The summed E-state index contributed by atoms with van der Waals surface area (Å²) in [6, 6.07) is 11.3. The average molecular weight is 455 g/mol. The summed E-state index contributed by atoms with van der Waals surface area (Å²) in [6.45, 7) is 0. The number of rotatable bonds is 6. The highest BCUT2D eigenvalue weighted by atomic mass is 35.5. The number of carboxylic acid groups (broad SMARTS) is 1.